The van der Waals surface area contributed by atoms with Gasteiger partial charge in [0.05, 0.1) is 19.0 Å². The number of nitrogen functional groups attached to an aromatic ring is 1. The fourth-order valence-electron chi connectivity index (χ4n) is 4.18. The summed E-state index contributed by atoms with van der Waals surface area (Å²) in [4.78, 5) is 24.8. The van der Waals surface area contributed by atoms with E-state index in [4.69, 9.17) is 35.9 Å². The molecule has 1 aliphatic heterocycles. The average molecular weight is 616 g/mol. The van der Waals surface area contributed by atoms with Crippen LogP contribution in [-0.4, -0.2) is 74.3 Å². The van der Waals surface area contributed by atoms with Crippen molar-refractivity contribution in [3.05, 3.63) is 35.6 Å². The van der Waals surface area contributed by atoms with E-state index in [0.29, 0.717) is 16.4 Å². The van der Waals surface area contributed by atoms with Crippen LogP contribution in [0.5, 0.6) is 5.75 Å². The lowest BCUT2D eigenvalue weighted by Gasteiger charge is -2.25. The number of hydrogen-bond donors (Lipinski definition) is 4. The molecule has 2 aromatic heterocycles. The highest BCUT2D eigenvalue weighted by atomic mass is 35.5. The van der Waals surface area contributed by atoms with Crippen molar-refractivity contribution in [1.29, 1.82) is 0 Å². The summed E-state index contributed by atoms with van der Waals surface area (Å²) < 4.78 is 53.3. The van der Waals surface area contributed by atoms with Crippen LogP contribution in [-0.2, 0) is 23.4 Å². The standard InChI is InChI=1S/C24H32ClFN7O7P/c1-12(2)38-21(35)13(3)32-41(36,40-15-8-6-7-14(25)9-15)37-10-16-18(34)24(4,26)22(39-16)33-11-29-17-19(28-5)30-23(27)31-20(17)33/h6-9,11-13,16,18,22,34H,10H2,1-5H3,(H,32,36)(H3,27,28,30,31)/t13-,16+,18+,22+,24+,41-/m0/s1. The van der Waals surface area contributed by atoms with Crippen molar-refractivity contribution in [2.45, 2.75) is 63.9 Å². The van der Waals surface area contributed by atoms with Gasteiger partial charge in [0.2, 0.25) is 5.95 Å². The predicted molar refractivity (Wildman–Crippen MR) is 148 cm³/mol. The van der Waals surface area contributed by atoms with E-state index >= 15 is 4.39 Å². The van der Waals surface area contributed by atoms with Crippen LogP contribution in [0, 0.1) is 0 Å². The summed E-state index contributed by atoms with van der Waals surface area (Å²) in [5.74, 6) is -0.402. The molecule has 4 rings (SSSR count). The number of nitrogens with one attached hydrogen (secondary N) is 2. The van der Waals surface area contributed by atoms with Gasteiger partial charge in [0.25, 0.3) is 0 Å². The van der Waals surface area contributed by atoms with Gasteiger partial charge < -0.3 is 30.2 Å². The summed E-state index contributed by atoms with van der Waals surface area (Å²) in [5, 5.41) is 16.5. The van der Waals surface area contributed by atoms with E-state index in [2.05, 4.69) is 25.4 Å². The molecule has 224 valence electrons. The lowest BCUT2D eigenvalue weighted by atomic mass is 9.98. The normalized spacial score (nSPS) is 24.8. The molecule has 1 fully saturated rings. The number of nitrogens with two attached hydrogens (primary N) is 1. The fraction of sp³-hybridized carbons (Fsp3) is 0.500. The second-order valence-electron chi connectivity index (χ2n) is 9.81. The van der Waals surface area contributed by atoms with Gasteiger partial charge in [-0.3, -0.25) is 13.9 Å². The predicted octanol–water partition coefficient (Wildman–Crippen LogP) is 3.22. The van der Waals surface area contributed by atoms with Crippen molar-refractivity contribution in [3.8, 4) is 5.75 Å². The first-order chi connectivity index (χ1) is 19.2. The lowest BCUT2D eigenvalue weighted by Crippen LogP contribution is -2.41. The van der Waals surface area contributed by atoms with Crippen LogP contribution in [0.4, 0.5) is 16.2 Å². The first kappa shape index (κ1) is 30.9. The van der Waals surface area contributed by atoms with Gasteiger partial charge >= 0.3 is 13.7 Å². The molecule has 17 heteroatoms. The number of rotatable bonds is 11. The van der Waals surface area contributed by atoms with Crippen molar-refractivity contribution < 1.29 is 37.4 Å². The summed E-state index contributed by atoms with van der Waals surface area (Å²) in [5.41, 5.74) is 3.90. The van der Waals surface area contributed by atoms with E-state index in [9.17, 15) is 14.5 Å². The van der Waals surface area contributed by atoms with E-state index in [1.165, 1.54) is 30.0 Å². The van der Waals surface area contributed by atoms with E-state index in [1.54, 1.807) is 33.0 Å². The Bertz CT molecular complexity index is 1460. The minimum Gasteiger partial charge on any atom is -0.462 e. The summed E-state index contributed by atoms with van der Waals surface area (Å²) in [6.07, 6.45) is -3.63. The van der Waals surface area contributed by atoms with Gasteiger partial charge in [0, 0.05) is 12.1 Å². The Balaban J connectivity index is 1.57. The Morgan fingerprint density at radius 2 is 2.10 bits per heavy atom. The number of aromatic nitrogens is 4. The maximum Gasteiger partial charge on any atom is 0.459 e. The number of hydrogen-bond acceptors (Lipinski definition) is 12. The monoisotopic (exact) mass is 615 g/mol. The van der Waals surface area contributed by atoms with Crippen LogP contribution in [0.2, 0.25) is 5.02 Å². The van der Waals surface area contributed by atoms with E-state index in [1.807, 2.05) is 0 Å². The molecule has 0 aliphatic carbocycles. The third-order valence-electron chi connectivity index (χ3n) is 6.13. The molecule has 0 saturated carbocycles. The smallest absolute Gasteiger partial charge is 0.459 e. The third kappa shape index (κ3) is 6.71. The minimum atomic E-state index is -4.36. The van der Waals surface area contributed by atoms with Crippen LogP contribution in [0.3, 0.4) is 0 Å². The van der Waals surface area contributed by atoms with E-state index in [0.717, 1.165) is 6.92 Å². The van der Waals surface area contributed by atoms with Gasteiger partial charge in [0.1, 0.15) is 24.0 Å². The second kappa shape index (κ2) is 12.0. The fourth-order valence-corrected chi connectivity index (χ4v) is 5.85. The highest BCUT2D eigenvalue weighted by molar-refractivity contribution is 7.52. The number of alkyl halides is 1. The van der Waals surface area contributed by atoms with Gasteiger partial charge in [-0.15, -0.1) is 0 Å². The van der Waals surface area contributed by atoms with Gasteiger partial charge in [0.15, 0.2) is 28.9 Å². The number of halogens is 2. The Hall–Kier alpha value is -3.07. The molecule has 0 amide bonds. The largest absolute Gasteiger partial charge is 0.462 e. The zero-order valence-electron chi connectivity index (χ0n) is 22.9. The van der Waals surface area contributed by atoms with Crippen LogP contribution in [0.1, 0.15) is 33.9 Å². The van der Waals surface area contributed by atoms with Crippen LogP contribution in [0.25, 0.3) is 11.2 Å². The Labute approximate surface area is 240 Å². The van der Waals surface area contributed by atoms with Crippen LogP contribution < -0.4 is 20.7 Å². The summed E-state index contributed by atoms with van der Waals surface area (Å²) >= 11 is 6.03. The Morgan fingerprint density at radius 3 is 2.76 bits per heavy atom. The molecule has 14 nitrogen and oxygen atoms in total. The van der Waals surface area contributed by atoms with Gasteiger partial charge in [-0.2, -0.15) is 15.1 Å². The maximum absolute atomic E-state index is 16.0. The van der Waals surface area contributed by atoms with Gasteiger partial charge in [-0.1, -0.05) is 17.7 Å². The van der Waals surface area contributed by atoms with Gasteiger partial charge in [-0.25, -0.2) is 13.9 Å². The number of carbonyl (C=O) groups is 1. The summed E-state index contributed by atoms with van der Waals surface area (Å²) in [6.45, 7) is 5.28. The number of esters is 1. The molecule has 1 saturated heterocycles. The average Bonchev–Trinajstić information content (AvgIpc) is 3.39. The van der Waals surface area contributed by atoms with Gasteiger partial charge in [-0.05, 0) is 45.9 Å². The molecule has 41 heavy (non-hydrogen) atoms. The molecule has 0 spiro atoms. The van der Waals surface area contributed by atoms with E-state index < -0.39 is 56.6 Å². The topological polar surface area (TPSA) is 185 Å². The number of benzene rings is 1. The molecule has 1 aliphatic rings. The summed E-state index contributed by atoms with van der Waals surface area (Å²) in [6, 6.07) is 4.89. The zero-order chi connectivity index (χ0) is 30.1. The summed E-state index contributed by atoms with van der Waals surface area (Å²) in [7, 11) is -2.74. The van der Waals surface area contributed by atoms with Crippen LogP contribution in [0.15, 0.2) is 30.6 Å². The molecule has 0 radical (unpaired) electrons. The highest BCUT2D eigenvalue weighted by Gasteiger charge is 2.56. The number of ether oxygens (including phenoxy) is 2. The quantitative estimate of drug-likeness (QED) is 0.182. The van der Waals surface area contributed by atoms with Crippen molar-refractivity contribution >= 4 is 48.2 Å². The number of fused-ring (bicyclic) bond motifs is 1. The third-order valence-corrected chi connectivity index (χ3v) is 8.01. The SMILES string of the molecule is CNc1nc(N)nc2c1ncn2[C@@H]1O[C@H](CO[P@@](=O)(N[C@@H](C)C(=O)OC(C)C)Oc2cccc(Cl)c2)[C@@H](O)[C@@]1(C)F. The van der Waals surface area contributed by atoms with Crippen molar-refractivity contribution in [1.82, 2.24) is 24.6 Å². The number of aliphatic hydroxyl groups excluding tert-OH is 1. The first-order valence-electron chi connectivity index (χ1n) is 12.6. The Kier molecular flexibility index (Phi) is 9.07. The second-order valence-corrected chi connectivity index (χ2v) is 11.9. The molecule has 0 unspecified atom stereocenters. The van der Waals surface area contributed by atoms with E-state index in [-0.39, 0.29) is 17.3 Å². The number of imidazole rings is 1. The molecule has 5 N–H and O–H groups in total. The minimum absolute atomic E-state index is 0.0707. The van der Waals surface area contributed by atoms with Crippen molar-refractivity contribution in [3.63, 3.8) is 0 Å². The molecule has 0 bridgehead atoms. The number of nitrogens with zero attached hydrogens (tertiary/aromatic N) is 4. The number of anilines is 2. The Morgan fingerprint density at radius 1 is 1.37 bits per heavy atom. The number of carbonyl (C=O) groups excluding carboxylic acids is 1. The lowest BCUT2D eigenvalue weighted by molar-refractivity contribution is -0.149. The number of aliphatic hydroxyl groups is 1. The van der Waals surface area contributed by atoms with Crippen molar-refractivity contribution in [2.75, 3.05) is 24.7 Å². The molecule has 3 aromatic rings. The first-order valence-corrected chi connectivity index (χ1v) is 14.5. The van der Waals surface area contributed by atoms with Crippen LogP contribution >= 0.6 is 19.3 Å². The molecule has 3 heterocycles. The molecule has 6 atom stereocenters. The molecular formula is C24H32ClFN7O7P. The highest BCUT2D eigenvalue weighted by Crippen LogP contribution is 2.48. The van der Waals surface area contributed by atoms with Crippen molar-refractivity contribution in [2.24, 2.45) is 0 Å². The zero-order valence-corrected chi connectivity index (χ0v) is 24.6. The molecule has 1 aromatic carbocycles. The maximum atomic E-state index is 16.0. The molecular weight excluding hydrogens is 584 g/mol.